The molecular formula is C24H35IN4O2S. The van der Waals surface area contributed by atoms with E-state index in [-0.39, 0.29) is 30.0 Å². The van der Waals surface area contributed by atoms with Gasteiger partial charge in [0.25, 0.3) is 0 Å². The van der Waals surface area contributed by atoms with E-state index in [1.807, 2.05) is 42.5 Å². The summed E-state index contributed by atoms with van der Waals surface area (Å²) < 4.78 is 17.9. The monoisotopic (exact) mass is 570 g/mol. The van der Waals surface area contributed by atoms with Crippen LogP contribution in [0.5, 0.6) is 5.75 Å². The first-order valence-corrected chi connectivity index (χ1v) is 12.4. The summed E-state index contributed by atoms with van der Waals surface area (Å²) in [5.41, 5.74) is 1.23. The van der Waals surface area contributed by atoms with E-state index in [1.54, 1.807) is 7.11 Å². The quantitative estimate of drug-likeness (QED) is 0.259. The van der Waals surface area contributed by atoms with Crippen LogP contribution in [-0.4, -0.2) is 60.7 Å². The maximum Gasteiger partial charge on any atom is 0.191 e. The van der Waals surface area contributed by atoms with Gasteiger partial charge < -0.3 is 15.4 Å². The number of benzene rings is 2. The first kappa shape index (κ1) is 26.6. The van der Waals surface area contributed by atoms with Crippen molar-refractivity contribution in [1.29, 1.82) is 0 Å². The molecule has 0 radical (unpaired) electrons. The number of nitrogens with zero attached hydrogens (tertiary/aromatic N) is 2. The normalized spacial score (nSPS) is 16.1. The van der Waals surface area contributed by atoms with Crippen LogP contribution in [0.3, 0.4) is 0 Å². The Bertz CT molecular complexity index is 860. The largest absolute Gasteiger partial charge is 0.497 e. The second-order valence-electron chi connectivity index (χ2n) is 7.54. The van der Waals surface area contributed by atoms with Crippen LogP contribution in [-0.2, 0) is 10.8 Å². The van der Waals surface area contributed by atoms with Gasteiger partial charge in [-0.2, -0.15) is 0 Å². The van der Waals surface area contributed by atoms with Gasteiger partial charge >= 0.3 is 0 Å². The summed E-state index contributed by atoms with van der Waals surface area (Å²) in [6.45, 7) is 6.28. The average Bonchev–Trinajstić information content (AvgIpc) is 3.34. The number of hydrogen-bond acceptors (Lipinski definition) is 4. The van der Waals surface area contributed by atoms with E-state index in [4.69, 9.17) is 9.73 Å². The van der Waals surface area contributed by atoms with Gasteiger partial charge in [-0.1, -0.05) is 30.3 Å². The van der Waals surface area contributed by atoms with E-state index in [2.05, 4.69) is 34.6 Å². The fraction of sp³-hybridized carbons (Fsp3) is 0.458. The minimum absolute atomic E-state index is 0. The molecule has 32 heavy (non-hydrogen) atoms. The summed E-state index contributed by atoms with van der Waals surface area (Å²) in [6, 6.07) is 18.1. The highest BCUT2D eigenvalue weighted by Gasteiger charge is 2.23. The van der Waals surface area contributed by atoms with Crippen molar-refractivity contribution < 1.29 is 8.95 Å². The van der Waals surface area contributed by atoms with Crippen LogP contribution in [0.2, 0.25) is 0 Å². The topological polar surface area (TPSA) is 66.0 Å². The van der Waals surface area contributed by atoms with Crippen LogP contribution in [0.25, 0.3) is 0 Å². The van der Waals surface area contributed by atoms with Crippen LogP contribution in [0.15, 0.2) is 64.5 Å². The van der Waals surface area contributed by atoms with Gasteiger partial charge in [0.05, 0.1) is 30.5 Å². The lowest BCUT2D eigenvalue weighted by Gasteiger charge is -2.27. The maximum atomic E-state index is 12.5. The standard InChI is InChI=1S/C24H34N4O2S.HI/c1-3-25-24(26-14-17-31(29)22-12-5-4-6-13-22)27-19-23(28-15-7-8-16-28)20-10-9-11-21(18-20)30-2;/h4-6,9-13,18,23H,3,7-8,14-17,19H2,1-2H3,(H2,25,26,27);1H. The third kappa shape index (κ3) is 8.04. The van der Waals surface area contributed by atoms with E-state index in [0.717, 1.165) is 36.2 Å². The summed E-state index contributed by atoms with van der Waals surface area (Å²) >= 11 is 0. The maximum absolute atomic E-state index is 12.5. The third-order valence-corrected chi connectivity index (χ3v) is 6.79. The zero-order chi connectivity index (χ0) is 21.9. The summed E-state index contributed by atoms with van der Waals surface area (Å²) in [5, 5.41) is 6.66. The van der Waals surface area contributed by atoms with Gasteiger partial charge in [-0.05, 0) is 62.7 Å². The molecule has 3 rings (SSSR count). The van der Waals surface area contributed by atoms with E-state index in [1.165, 1.54) is 18.4 Å². The Labute approximate surface area is 211 Å². The highest BCUT2D eigenvalue weighted by Crippen LogP contribution is 2.27. The van der Waals surface area contributed by atoms with Gasteiger partial charge in [0, 0.05) is 23.7 Å². The van der Waals surface area contributed by atoms with Crippen molar-refractivity contribution in [2.75, 3.05) is 45.6 Å². The van der Waals surface area contributed by atoms with Gasteiger partial charge in [-0.3, -0.25) is 14.1 Å². The zero-order valence-electron chi connectivity index (χ0n) is 19.0. The Morgan fingerprint density at radius 2 is 1.88 bits per heavy atom. The smallest absolute Gasteiger partial charge is 0.191 e. The minimum atomic E-state index is -1.02. The van der Waals surface area contributed by atoms with Crippen LogP contribution in [0.4, 0.5) is 0 Å². The number of aliphatic imine (C=N–C) groups is 1. The molecule has 0 aliphatic carbocycles. The van der Waals surface area contributed by atoms with Gasteiger partial charge in [-0.15, -0.1) is 24.0 Å². The predicted octanol–water partition coefficient (Wildman–Crippen LogP) is 3.81. The molecule has 1 aliphatic heterocycles. The van der Waals surface area contributed by atoms with Gasteiger partial charge in [0.15, 0.2) is 5.96 Å². The highest BCUT2D eigenvalue weighted by molar-refractivity contribution is 14.0. The molecule has 0 aromatic heterocycles. The molecule has 0 saturated carbocycles. The van der Waals surface area contributed by atoms with E-state index in [9.17, 15) is 4.21 Å². The molecule has 0 bridgehead atoms. The molecule has 0 spiro atoms. The minimum Gasteiger partial charge on any atom is -0.497 e. The second kappa shape index (κ2) is 14.5. The summed E-state index contributed by atoms with van der Waals surface area (Å²) in [7, 11) is 0.684. The number of hydrogen-bond donors (Lipinski definition) is 2. The van der Waals surface area contributed by atoms with Gasteiger partial charge in [0.1, 0.15) is 5.75 Å². The summed E-state index contributed by atoms with van der Waals surface area (Å²) in [4.78, 5) is 8.24. The molecule has 8 heteroatoms. The van der Waals surface area contributed by atoms with Crippen molar-refractivity contribution in [2.45, 2.75) is 30.7 Å². The van der Waals surface area contributed by atoms with Crippen molar-refractivity contribution >= 4 is 40.7 Å². The number of guanidine groups is 1. The lowest BCUT2D eigenvalue weighted by molar-refractivity contribution is 0.251. The van der Waals surface area contributed by atoms with Crippen molar-refractivity contribution in [3.05, 3.63) is 60.2 Å². The molecule has 176 valence electrons. The Kier molecular flexibility index (Phi) is 12.0. The molecule has 1 saturated heterocycles. The molecule has 2 N–H and O–H groups in total. The molecule has 2 aromatic carbocycles. The third-order valence-electron chi connectivity index (χ3n) is 5.41. The number of ether oxygens (including phenoxy) is 1. The van der Waals surface area contributed by atoms with Crippen LogP contribution >= 0.6 is 24.0 Å². The molecule has 1 aliphatic rings. The van der Waals surface area contributed by atoms with Crippen LogP contribution in [0.1, 0.15) is 31.4 Å². The Morgan fingerprint density at radius 3 is 2.56 bits per heavy atom. The SMILES string of the molecule is CCNC(=NCC(c1cccc(OC)c1)N1CCCC1)NCCS(=O)c1ccccc1.I. The Morgan fingerprint density at radius 1 is 1.12 bits per heavy atom. The first-order valence-electron chi connectivity index (χ1n) is 11.0. The molecule has 0 amide bonds. The fourth-order valence-corrected chi connectivity index (χ4v) is 4.79. The number of rotatable bonds is 10. The second-order valence-corrected chi connectivity index (χ2v) is 9.12. The molecule has 2 unspecified atom stereocenters. The number of methoxy groups -OCH3 is 1. The highest BCUT2D eigenvalue weighted by atomic mass is 127. The lowest BCUT2D eigenvalue weighted by Crippen LogP contribution is -2.40. The van der Waals surface area contributed by atoms with E-state index in [0.29, 0.717) is 18.8 Å². The average molecular weight is 571 g/mol. The molecule has 6 nitrogen and oxygen atoms in total. The number of halogens is 1. The Balaban J connectivity index is 0.00000363. The van der Waals surface area contributed by atoms with Crippen molar-refractivity contribution in [1.82, 2.24) is 15.5 Å². The number of likely N-dealkylation sites (tertiary alicyclic amines) is 1. The van der Waals surface area contributed by atoms with Crippen molar-refractivity contribution in [2.24, 2.45) is 4.99 Å². The molecule has 1 heterocycles. The van der Waals surface area contributed by atoms with Crippen molar-refractivity contribution in [3.63, 3.8) is 0 Å². The van der Waals surface area contributed by atoms with Gasteiger partial charge in [0.2, 0.25) is 0 Å². The molecule has 1 fully saturated rings. The van der Waals surface area contributed by atoms with E-state index >= 15 is 0 Å². The fourth-order valence-electron chi connectivity index (χ4n) is 3.81. The number of nitrogens with one attached hydrogen (secondary N) is 2. The molecule has 2 atom stereocenters. The van der Waals surface area contributed by atoms with Crippen LogP contribution < -0.4 is 15.4 Å². The molecular weight excluding hydrogens is 535 g/mol. The first-order chi connectivity index (χ1) is 15.2. The Hall–Kier alpha value is -1.65. The zero-order valence-corrected chi connectivity index (χ0v) is 22.1. The van der Waals surface area contributed by atoms with Crippen molar-refractivity contribution in [3.8, 4) is 5.75 Å². The lowest BCUT2D eigenvalue weighted by atomic mass is 10.1. The van der Waals surface area contributed by atoms with Crippen LogP contribution in [0, 0.1) is 0 Å². The molecule has 2 aromatic rings. The van der Waals surface area contributed by atoms with E-state index < -0.39 is 10.8 Å². The predicted molar refractivity (Wildman–Crippen MR) is 144 cm³/mol. The van der Waals surface area contributed by atoms with Gasteiger partial charge in [-0.25, -0.2) is 0 Å². The summed E-state index contributed by atoms with van der Waals surface area (Å²) in [5.74, 6) is 2.18. The summed E-state index contributed by atoms with van der Waals surface area (Å²) in [6.07, 6.45) is 2.46.